The smallest absolute Gasteiger partial charge is 0.406 e. The van der Waals surface area contributed by atoms with Gasteiger partial charge in [-0.1, -0.05) is 23.9 Å². The summed E-state index contributed by atoms with van der Waals surface area (Å²) in [6.07, 6.45) is -4.80. The maximum absolute atomic E-state index is 12.3. The molecule has 0 radical (unpaired) electrons. The van der Waals surface area contributed by atoms with Crippen molar-refractivity contribution < 1.29 is 27.5 Å². The van der Waals surface area contributed by atoms with E-state index in [1.165, 1.54) is 16.8 Å². The van der Waals surface area contributed by atoms with Crippen LogP contribution in [0.15, 0.2) is 47.6 Å². The highest BCUT2D eigenvalue weighted by atomic mass is 32.2. The maximum Gasteiger partial charge on any atom is 0.573 e. The highest BCUT2D eigenvalue weighted by Crippen LogP contribution is 2.25. The normalized spacial score (nSPS) is 11.2. The molecule has 32 heavy (non-hydrogen) atoms. The molecule has 0 aliphatic carbocycles. The molecule has 0 aliphatic heterocycles. The number of alkyl halides is 3. The number of aryl methyl sites for hydroxylation is 1. The summed E-state index contributed by atoms with van der Waals surface area (Å²) >= 11 is 0.948. The van der Waals surface area contributed by atoms with Crippen molar-refractivity contribution in [3.05, 3.63) is 53.6 Å². The van der Waals surface area contributed by atoms with Crippen LogP contribution in [-0.4, -0.2) is 44.3 Å². The summed E-state index contributed by atoms with van der Waals surface area (Å²) < 4.78 is 41.9. The topological polar surface area (TPSA) is 111 Å². The van der Waals surface area contributed by atoms with Gasteiger partial charge in [0.15, 0.2) is 0 Å². The highest BCUT2D eigenvalue weighted by molar-refractivity contribution is 7.99. The average molecular weight is 466 g/mol. The number of benzene rings is 2. The number of anilines is 1. The van der Waals surface area contributed by atoms with Gasteiger partial charge in [0.1, 0.15) is 5.75 Å². The Balaban J connectivity index is 1.56. The Morgan fingerprint density at radius 1 is 1.12 bits per heavy atom. The molecule has 3 aromatic rings. The average Bonchev–Trinajstić information content (AvgIpc) is 3.18. The van der Waals surface area contributed by atoms with Gasteiger partial charge in [0.2, 0.25) is 11.1 Å². The Hall–Kier alpha value is -3.61. The van der Waals surface area contributed by atoms with Gasteiger partial charge in [0.25, 0.3) is 0 Å². The van der Waals surface area contributed by atoms with Crippen molar-refractivity contribution in [2.24, 2.45) is 0 Å². The van der Waals surface area contributed by atoms with Crippen LogP contribution in [0.25, 0.3) is 5.69 Å². The van der Waals surface area contributed by atoms with Crippen molar-refractivity contribution in [2.45, 2.75) is 25.4 Å². The van der Waals surface area contributed by atoms with Crippen molar-refractivity contribution in [2.75, 3.05) is 11.1 Å². The molecule has 168 valence electrons. The summed E-state index contributed by atoms with van der Waals surface area (Å²) in [5, 5.41) is 16.1. The number of ether oxygens (including phenoxy) is 1. The third-order valence-corrected chi connectivity index (χ3v) is 5.11. The van der Waals surface area contributed by atoms with Crippen LogP contribution in [0.3, 0.4) is 0 Å². The Kier molecular flexibility index (Phi) is 6.98. The zero-order valence-corrected chi connectivity index (χ0v) is 17.6. The van der Waals surface area contributed by atoms with Gasteiger partial charge < -0.3 is 10.1 Å². The number of amides is 3. The van der Waals surface area contributed by atoms with Crippen LogP contribution in [0.5, 0.6) is 5.75 Å². The van der Waals surface area contributed by atoms with Crippen molar-refractivity contribution in [3.63, 3.8) is 0 Å². The van der Waals surface area contributed by atoms with Gasteiger partial charge in [-0.2, -0.15) is 4.68 Å². The molecule has 0 aliphatic rings. The Bertz CT molecular complexity index is 1120. The summed E-state index contributed by atoms with van der Waals surface area (Å²) in [5.74, 6) is -1.14. The third-order valence-electron chi connectivity index (χ3n) is 4.19. The molecule has 1 aromatic heterocycles. The number of carbonyl (C=O) groups is 2. The van der Waals surface area contributed by atoms with Gasteiger partial charge in [0.05, 0.1) is 11.4 Å². The molecular formula is C19H17F3N6O3S. The Labute approximate surface area is 184 Å². The number of hydrogen-bond acceptors (Lipinski definition) is 7. The Morgan fingerprint density at radius 2 is 1.84 bits per heavy atom. The van der Waals surface area contributed by atoms with Crippen LogP contribution >= 0.6 is 11.8 Å². The lowest BCUT2D eigenvalue weighted by Crippen LogP contribution is -2.35. The quantitative estimate of drug-likeness (QED) is 0.534. The van der Waals surface area contributed by atoms with E-state index in [0.29, 0.717) is 11.4 Å². The third kappa shape index (κ3) is 6.20. The lowest BCUT2D eigenvalue weighted by molar-refractivity contribution is -0.274. The lowest BCUT2D eigenvalue weighted by Gasteiger charge is -2.11. The molecule has 1 heterocycles. The fourth-order valence-corrected chi connectivity index (χ4v) is 3.24. The van der Waals surface area contributed by atoms with Crippen LogP contribution in [0.2, 0.25) is 0 Å². The fraction of sp³-hybridized carbons (Fsp3) is 0.211. The van der Waals surface area contributed by atoms with E-state index in [-0.39, 0.29) is 10.9 Å². The number of nitrogens with zero attached hydrogens (tertiary/aromatic N) is 4. The number of aromatic nitrogens is 4. The number of hydrogen-bond donors (Lipinski definition) is 2. The van der Waals surface area contributed by atoms with Gasteiger partial charge in [-0.05, 0) is 65.7 Å². The first-order chi connectivity index (χ1) is 15.1. The van der Waals surface area contributed by atoms with E-state index >= 15 is 0 Å². The molecule has 3 rings (SSSR count). The van der Waals surface area contributed by atoms with E-state index in [0.717, 1.165) is 35.0 Å². The lowest BCUT2D eigenvalue weighted by atomic mass is 10.1. The number of tetrazole rings is 1. The first kappa shape index (κ1) is 23.1. The molecule has 13 heteroatoms. The minimum Gasteiger partial charge on any atom is -0.406 e. The van der Waals surface area contributed by atoms with E-state index < -0.39 is 24.1 Å². The molecule has 0 spiro atoms. The van der Waals surface area contributed by atoms with Gasteiger partial charge in [-0.3, -0.25) is 10.1 Å². The number of urea groups is 1. The summed E-state index contributed by atoms with van der Waals surface area (Å²) in [6.45, 7) is 3.76. The van der Waals surface area contributed by atoms with E-state index in [2.05, 4.69) is 30.9 Å². The monoisotopic (exact) mass is 466 g/mol. The largest absolute Gasteiger partial charge is 0.573 e. The van der Waals surface area contributed by atoms with Gasteiger partial charge in [-0.15, -0.1) is 18.3 Å². The molecule has 2 aromatic carbocycles. The van der Waals surface area contributed by atoms with Gasteiger partial charge in [0, 0.05) is 5.69 Å². The van der Waals surface area contributed by atoms with Crippen molar-refractivity contribution >= 4 is 29.4 Å². The van der Waals surface area contributed by atoms with Crippen LogP contribution in [0.1, 0.15) is 11.1 Å². The van der Waals surface area contributed by atoms with E-state index in [1.807, 2.05) is 19.9 Å². The second kappa shape index (κ2) is 9.68. The minimum atomic E-state index is -4.80. The Morgan fingerprint density at radius 3 is 2.53 bits per heavy atom. The van der Waals surface area contributed by atoms with Crippen LogP contribution in [0, 0.1) is 13.8 Å². The number of rotatable bonds is 6. The number of nitrogens with one attached hydrogen (secondary N) is 2. The second-order valence-electron chi connectivity index (χ2n) is 6.45. The molecular weight excluding hydrogens is 449 g/mol. The second-order valence-corrected chi connectivity index (χ2v) is 7.40. The zero-order chi connectivity index (χ0) is 23.3. The SMILES string of the molecule is Cc1cccc(NC(=O)NC(=O)CSc2nnnn2-c2ccc(OC(F)(F)F)cc2)c1C. The van der Waals surface area contributed by atoms with E-state index in [9.17, 15) is 22.8 Å². The molecule has 0 unspecified atom stereocenters. The highest BCUT2D eigenvalue weighted by Gasteiger charge is 2.31. The van der Waals surface area contributed by atoms with Crippen LogP contribution in [-0.2, 0) is 4.79 Å². The predicted octanol–water partition coefficient (Wildman–Crippen LogP) is 3.62. The summed E-state index contributed by atoms with van der Waals surface area (Å²) in [5.41, 5.74) is 2.83. The predicted molar refractivity (Wildman–Crippen MR) is 110 cm³/mol. The standard InChI is InChI=1S/C19H17F3N6O3S/c1-11-4-3-5-15(12(11)2)23-17(30)24-16(29)10-32-18-25-26-27-28(18)13-6-8-14(9-7-13)31-19(20,21)22/h3-9H,10H2,1-2H3,(H2,23,24,29,30). The summed E-state index contributed by atoms with van der Waals surface area (Å²) in [6, 6.07) is 9.63. The van der Waals surface area contributed by atoms with Gasteiger partial charge >= 0.3 is 12.4 Å². The molecule has 0 fully saturated rings. The molecule has 9 nitrogen and oxygen atoms in total. The molecule has 0 saturated heterocycles. The number of carbonyl (C=O) groups excluding carboxylic acids is 2. The van der Waals surface area contributed by atoms with Crippen molar-refractivity contribution in [1.82, 2.24) is 25.5 Å². The van der Waals surface area contributed by atoms with Crippen LogP contribution < -0.4 is 15.4 Å². The zero-order valence-electron chi connectivity index (χ0n) is 16.8. The molecule has 0 bridgehead atoms. The molecule has 0 atom stereocenters. The van der Waals surface area contributed by atoms with Gasteiger partial charge in [-0.25, -0.2) is 4.79 Å². The van der Waals surface area contributed by atoms with Crippen molar-refractivity contribution in [1.29, 1.82) is 0 Å². The summed E-state index contributed by atoms with van der Waals surface area (Å²) in [4.78, 5) is 24.2. The first-order valence-electron chi connectivity index (χ1n) is 9.07. The number of halogens is 3. The van der Waals surface area contributed by atoms with Crippen LogP contribution in [0.4, 0.5) is 23.7 Å². The number of thioether (sulfide) groups is 1. The van der Waals surface area contributed by atoms with E-state index in [4.69, 9.17) is 0 Å². The molecule has 2 N–H and O–H groups in total. The number of imide groups is 1. The molecule has 3 amide bonds. The summed E-state index contributed by atoms with van der Waals surface area (Å²) in [7, 11) is 0. The fourth-order valence-electron chi connectivity index (χ4n) is 2.55. The molecule has 0 saturated carbocycles. The van der Waals surface area contributed by atoms with Crippen molar-refractivity contribution in [3.8, 4) is 11.4 Å². The van der Waals surface area contributed by atoms with E-state index in [1.54, 1.807) is 12.1 Å². The minimum absolute atomic E-state index is 0.171. The maximum atomic E-state index is 12.3. The first-order valence-corrected chi connectivity index (χ1v) is 10.1.